The molecule has 0 bridgehead atoms. The zero-order chi connectivity index (χ0) is 20.5. The molecule has 0 aliphatic carbocycles. The van der Waals surface area contributed by atoms with Crippen molar-refractivity contribution in [2.24, 2.45) is 0 Å². The van der Waals surface area contributed by atoms with Gasteiger partial charge in [0.15, 0.2) is 0 Å². The molecule has 0 spiro atoms. The van der Waals surface area contributed by atoms with Crippen LogP contribution in [0.5, 0.6) is 0 Å². The largest absolute Gasteiger partial charge is 0.419 e. The number of nitrogens with zero attached hydrogens (tertiary/aromatic N) is 2. The summed E-state index contributed by atoms with van der Waals surface area (Å²) in [7, 11) is 0. The molecule has 1 heterocycles. The third-order valence-corrected chi connectivity index (χ3v) is 4.34. The number of carbonyl (C=O) groups is 2. The van der Waals surface area contributed by atoms with Gasteiger partial charge in [0.2, 0.25) is 5.91 Å². The summed E-state index contributed by atoms with van der Waals surface area (Å²) >= 11 is 5.92. The number of benzene rings is 2. The molecule has 0 saturated carbocycles. The number of carbonyl (C=O) groups excluding carboxylic acids is 2. The standard InChI is InChI=1S/C18H14ClF4N3O2/c19-11-2-1-3-13(8-11)26-7-6-25(17(26)28)10-16(27)24-12-4-5-15(20)14(9-12)18(21,22)23/h1-5,8-9H,6-7,10H2,(H,24,27). The molecule has 2 aromatic rings. The number of amides is 3. The molecule has 1 aliphatic rings. The molecule has 1 saturated heterocycles. The normalized spacial score (nSPS) is 14.5. The molecule has 0 unspecified atom stereocenters. The fourth-order valence-electron chi connectivity index (χ4n) is 2.81. The van der Waals surface area contributed by atoms with Gasteiger partial charge in [-0.2, -0.15) is 13.2 Å². The van der Waals surface area contributed by atoms with Crippen LogP contribution in [0.1, 0.15) is 5.56 Å². The summed E-state index contributed by atoms with van der Waals surface area (Å²) in [4.78, 5) is 27.3. The highest BCUT2D eigenvalue weighted by atomic mass is 35.5. The average molecular weight is 416 g/mol. The predicted octanol–water partition coefficient (Wildman–Crippen LogP) is 4.38. The first-order valence-corrected chi connectivity index (χ1v) is 8.51. The lowest BCUT2D eigenvalue weighted by molar-refractivity contribution is -0.140. The van der Waals surface area contributed by atoms with Gasteiger partial charge in [-0.15, -0.1) is 0 Å². The Kier molecular flexibility index (Phi) is 5.46. The Morgan fingerprint density at radius 3 is 2.57 bits per heavy atom. The Morgan fingerprint density at radius 1 is 1.14 bits per heavy atom. The monoisotopic (exact) mass is 415 g/mol. The fourth-order valence-corrected chi connectivity index (χ4v) is 2.99. The first-order valence-electron chi connectivity index (χ1n) is 8.14. The van der Waals surface area contributed by atoms with Crippen LogP contribution in [-0.4, -0.2) is 36.5 Å². The Labute approximate surface area is 162 Å². The number of urea groups is 1. The van der Waals surface area contributed by atoms with Crippen LogP contribution >= 0.6 is 11.6 Å². The zero-order valence-electron chi connectivity index (χ0n) is 14.3. The second kappa shape index (κ2) is 7.67. The smallest absolute Gasteiger partial charge is 0.325 e. The Balaban J connectivity index is 1.65. The molecule has 3 rings (SSSR count). The molecule has 0 radical (unpaired) electrons. The molecular weight excluding hydrogens is 402 g/mol. The quantitative estimate of drug-likeness (QED) is 0.753. The van der Waals surface area contributed by atoms with Gasteiger partial charge in [-0.25, -0.2) is 9.18 Å². The minimum atomic E-state index is -4.88. The molecule has 1 fully saturated rings. The maximum atomic E-state index is 13.3. The topological polar surface area (TPSA) is 52.7 Å². The maximum absolute atomic E-state index is 13.3. The molecule has 10 heteroatoms. The van der Waals surface area contributed by atoms with Crippen LogP contribution in [0, 0.1) is 5.82 Å². The van der Waals surface area contributed by atoms with Gasteiger partial charge in [-0.3, -0.25) is 9.69 Å². The van der Waals surface area contributed by atoms with E-state index in [-0.39, 0.29) is 18.8 Å². The van der Waals surface area contributed by atoms with E-state index in [0.29, 0.717) is 29.4 Å². The number of alkyl halides is 3. The van der Waals surface area contributed by atoms with Crippen LogP contribution in [0.2, 0.25) is 5.02 Å². The molecule has 1 N–H and O–H groups in total. The van der Waals surface area contributed by atoms with Gasteiger partial charge >= 0.3 is 12.2 Å². The van der Waals surface area contributed by atoms with Crippen molar-refractivity contribution < 1.29 is 27.2 Å². The Morgan fingerprint density at radius 2 is 1.89 bits per heavy atom. The van der Waals surface area contributed by atoms with E-state index in [9.17, 15) is 27.2 Å². The van der Waals surface area contributed by atoms with E-state index >= 15 is 0 Å². The number of nitrogens with one attached hydrogen (secondary N) is 1. The van der Waals surface area contributed by atoms with E-state index in [1.165, 1.54) is 9.80 Å². The van der Waals surface area contributed by atoms with Crippen molar-refractivity contribution in [3.05, 3.63) is 58.9 Å². The maximum Gasteiger partial charge on any atom is 0.419 e. The SMILES string of the molecule is O=C(CN1CCN(c2cccc(Cl)c2)C1=O)Nc1ccc(F)c(C(F)(F)F)c1. The van der Waals surface area contributed by atoms with E-state index < -0.39 is 29.5 Å². The molecule has 0 atom stereocenters. The van der Waals surface area contributed by atoms with Crippen molar-refractivity contribution >= 4 is 34.9 Å². The summed E-state index contributed by atoms with van der Waals surface area (Å²) < 4.78 is 51.6. The third-order valence-electron chi connectivity index (χ3n) is 4.10. The van der Waals surface area contributed by atoms with Gasteiger partial charge in [0, 0.05) is 29.5 Å². The molecule has 5 nitrogen and oxygen atoms in total. The summed E-state index contributed by atoms with van der Waals surface area (Å²) in [6.45, 7) is 0.242. The summed E-state index contributed by atoms with van der Waals surface area (Å²) in [6, 6.07) is 8.39. The average Bonchev–Trinajstić information content (AvgIpc) is 2.96. The van der Waals surface area contributed by atoms with Crippen LogP contribution in [0.15, 0.2) is 42.5 Å². The van der Waals surface area contributed by atoms with E-state index in [1.54, 1.807) is 24.3 Å². The van der Waals surface area contributed by atoms with Crippen molar-refractivity contribution in [1.29, 1.82) is 0 Å². The van der Waals surface area contributed by atoms with Crippen molar-refractivity contribution in [3.63, 3.8) is 0 Å². The summed E-state index contributed by atoms with van der Waals surface area (Å²) in [5, 5.41) is 2.71. The highest BCUT2D eigenvalue weighted by Gasteiger charge is 2.35. The summed E-state index contributed by atoms with van der Waals surface area (Å²) in [6.07, 6.45) is -4.88. The van der Waals surface area contributed by atoms with Gasteiger partial charge < -0.3 is 10.2 Å². The van der Waals surface area contributed by atoms with E-state index in [1.807, 2.05) is 0 Å². The van der Waals surface area contributed by atoms with E-state index in [4.69, 9.17) is 11.6 Å². The number of hydrogen-bond donors (Lipinski definition) is 1. The lowest BCUT2D eigenvalue weighted by Crippen LogP contribution is -2.37. The Bertz CT molecular complexity index is 920. The second-order valence-electron chi connectivity index (χ2n) is 6.08. The molecule has 0 aromatic heterocycles. The number of hydrogen-bond acceptors (Lipinski definition) is 2. The first kappa shape index (κ1) is 19.9. The molecule has 2 aromatic carbocycles. The lowest BCUT2D eigenvalue weighted by atomic mass is 10.2. The molecule has 1 aliphatic heterocycles. The summed E-state index contributed by atoms with van der Waals surface area (Å²) in [5.74, 6) is -2.13. The zero-order valence-corrected chi connectivity index (χ0v) is 15.0. The molecule has 28 heavy (non-hydrogen) atoms. The number of rotatable bonds is 4. The van der Waals surface area contributed by atoms with Crippen molar-refractivity contribution in [1.82, 2.24) is 4.90 Å². The third kappa shape index (κ3) is 4.36. The lowest BCUT2D eigenvalue weighted by Gasteiger charge is -2.19. The number of halogens is 5. The van der Waals surface area contributed by atoms with Crippen LogP contribution in [0.25, 0.3) is 0 Å². The van der Waals surface area contributed by atoms with Crippen molar-refractivity contribution in [3.8, 4) is 0 Å². The van der Waals surface area contributed by atoms with Gasteiger partial charge in [-0.1, -0.05) is 17.7 Å². The fraction of sp³-hybridized carbons (Fsp3) is 0.222. The second-order valence-corrected chi connectivity index (χ2v) is 6.51. The van der Waals surface area contributed by atoms with Crippen LogP contribution in [0.4, 0.5) is 33.7 Å². The van der Waals surface area contributed by atoms with Crippen molar-refractivity contribution in [2.45, 2.75) is 6.18 Å². The minimum Gasteiger partial charge on any atom is -0.325 e. The highest BCUT2D eigenvalue weighted by molar-refractivity contribution is 6.30. The van der Waals surface area contributed by atoms with Crippen LogP contribution in [0.3, 0.4) is 0 Å². The first-order chi connectivity index (χ1) is 13.1. The highest BCUT2D eigenvalue weighted by Crippen LogP contribution is 2.33. The van der Waals surface area contributed by atoms with Gasteiger partial charge in [-0.05, 0) is 36.4 Å². The molecular formula is C18H14ClF4N3O2. The minimum absolute atomic E-state index is 0.211. The summed E-state index contributed by atoms with van der Waals surface area (Å²) in [5.41, 5.74) is -1.11. The van der Waals surface area contributed by atoms with Gasteiger partial charge in [0.05, 0.1) is 5.56 Å². The van der Waals surface area contributed by atoms with Crippen molar-refractivity contribution in [2.75, 3.05) is 29.9 Å². The van der Waals surface area contributed by atoms with E-state index in [2.05, 4.69) is 5.32 Å². The number of anilines is 2. The Hall–Kier alpha value is -2.81. The van der Waals surface area contributed by atoms with E-state index in [0.717, 1.165) is 6.07 Å². The van der Waals surface area contributed by atoms with Gasteiger partial charge in [0.25, 0.3) is 0 Å². The predicted molar refractivity (Wildman–Crippen MR) is 95.8 cm³/mol. The molecule has 3 amide bonds. The van der Waals surface area contributed by atoms with Crippen LogP contribution in [-0.2, 0) is 11.0 Å². The van der Waals surface area contributed by atoms with Crippen LogP contribution < -0.4 is 10.2 Å². The molecule has 148 valence electrons. The van der Waals surface area contributed by atoms with Gasteiger partial charge in [0.1, 0.15) is 12.4 Å².